The van der Waals surface area contributed by atoms with Crippen LogP contribution in [0, 0.1) is 13.8 Å². The molecular formula is C32H28N10O2S2. The van der Waals surface area contributed by atoms with Gasteiger partial charge in [0, 0.05) is 11.4 Å². The lowest BCUT2D eigenvalue weighted by Gasteiger charge is -2.13. The van der Waals surface area contributed by atoms with Gasteiger partial charge >= 0.3 is 0 Å². The van der Waals surface area contributed by atoms with Crippen molar-refractivity contribution in [2.24, 2.45) is 0 Å². The lowest BCUT2D eigenvalue weighted by atomic mass is 10.00. The molecule has 2 aromatic heterocycles. The Morgan fingerprint density at radius 1 is 0.609 bits per heavy atom. The molecule has 2 N–H and O–H groups in total. The van der Waals surface area contributed by atoms with Gasteiger partial charge in [-0.25, -0.2) is 0 Å². The Bertz CT molecular complexity index is 1840. The normalized spacial score (nSPS) is 10.9. The second-order valence-electron chi connectivity index (χ2n) is 10.2. The average Bonchev–Trinajstić information content (AvgIpc) is 3.75. The Morgan fingerprint density at radius 3 is 1.41 bits per heavy atom. The van der Waals surface area contributed by atoms with Crippen molar-refractivity contribution in [2.75, 3.05) is 22.1 Å². The largest absolute Gasteiger partial charge is 0.325 e. The molecule has 6 rings (SSSR count). The van der Waals surface area contributed by atoms with Gasteiger partial charge in [-0.2, -0.15) is 9.36 Å². The van der Waals surface area contributed by atoms with Gasteiger partial charge < -0.3 is 10.6 Å². The first-order valence-corrected chi connectivity index (χ1v) is 16.2. The van der Waals surface area contributed by atoms with E-state index < -0.39 is 0 Å². The van der Waals surface area contributed by atoms with Gasteiger partial charge in [-0.05, 0) is 105 Å². The van der Waals surface area contributed by atoms with Crippen LogP contribution in [-0.4, -0.2) is 63.7 Å². The van der Waals surface area contributed by atoms with Crippen LogP contribution in [0.2, 0.25) is 0 Å². The minimum Gasteiger partial charge on any atom is -0.325 e. The van der Waals surface area contributed by atoms with E-state index in [0.29, 0.717) is 10.3 Å². The van der Waals surface area contributed by atoms with E-state index in [1.165, 1.54) is 23.5 Å². The van der Waals surface area contributed by atoms with Gasteiger partial charge in [0.15, 0.2) is 0 Å². The summed E-state index contributed by atoms with van der Waals surface area (Å²) in [4.78, 5) is 25.5. The van der Waals surface area contributed by atoms with Crippen molar-refractivity contribution in [3.05, 3.63) is 108 Å². The summed E-state index contributed by atoms with van der Waals surface area (Å²) >= 11 is 2.53. The molecule has 0 fully saturated rings. The molecule has 0 aliphatic heterocycles. The smallest absolute Gasteiger partial charge is 0.234 e. The summed E-state index contributed by atoms with van der Waals surface area (Å²) < 4.78 is 3.21. The number of tetrazole rings is 2. The average molecular weight is 649 g/mol. The van der Waals surface area contributed by atoms with Crippen LogP contribution < -0.4 is 10.6 Å². The second kappa shape index (κ2) is 14.2. The molecular weight excluding hydrogens is 621 g/mol. The number of rotatable bonds is 11. The summed E-state index contributed by atoms with van der Waals surface area (Å²) in [6.45, 7) is 3.91. The summed E-state index contributed by atoms with van der Waals surface area (Å²) in [5.74, 6) is -0.00424. The van der Waals surface area contributed by atoms with Crippen LogP contribution in [0.5, 0.6) is 0 Å². The van der Waals surface area contributed by atoms with Crippen LogP contribution in [0.25, 0.3) is 22.5 Å². The SMILES string of the molecule is Cc1cc(-c2ccc(NC(=O)CSc3nnnn3-c3ccccc3)c(C)c2)ccc1NC(=O)CSc1nnnn1-c1ccccc1. The van der Waals surface area contributed by atoms with Crippen LogP contribution in [0.15, 0.2) is 107 Å². The number of amides is 2. The Kier molecular flexibility index (Phi) is 9.45. The molecule has 0 atom stereocenters. The molecule has 0 aliphatic carbocycles. The molecule has 2 heterocycles. The molecule has 46 heavy (non-hydrogen) atoms. The van der Waals surface area contributed by atoms with Crippen LogP contribution in [0.1, 0.15) is 11.1 Å². The highest BCUT2D eigenvalue weighted by Crippen LogP contribution is 2.29. The Labute approximate surface area is 273 Å². The summed E-state index contributed by atoms with van der Waals surface area (Å²) in [7, 11) is 0. The number of hydrogen-bond donors (Lipinski definition) is 2. The van der Waals surface area contributed by atoms with Gasteiger partial charge in [-0.3, -0.25) is 9.59 Å². The van der Waals surface area contributed by atoms with Gasteiger partial charge in [-0.15, -0.1) is 10.2 Å². The van der Waals surface area contributed by atoms with Gasteiger partial charge in [0.1, 0.15) is 0 Å². The fourth-order valence-electron chi connectivity index (χ4n) is 4.60. The predicted octanol–water partition coefficient (Wildman–Crippen LogP) is 5.38. The summed E-state index contributed by atoms with van der Waals surface area (Å²) in [6, 6.07) is 30.8. The topological polar surface area (TPSA) is 145 Å². The molecule has 0 saturated carbocycles. The van der Waals surface area contributed by atoms with Gasteiger partial charge in [0.2, 0.25) is 22.1 Å². The van der Waals surface area contributed by atoms with E-state index in [9.17, 15) is 9.59 Å². The van der Waals surface area contributed by atoms with Crippen LogP contribution in [0.4, 0.5) is 11.4 Å². The number of nitrogens with one attached hydrogen (secondary N) is 2. The van der Waals surface area contributed by atoms with Crippen molar-refractivity contribution < 1.29 is 9.59 Å². The maximum Gasteiger partial charge on any atom is 0.234 e. The predicted molar refractivity (Wildman–Crippen MR) is 178 cm³/mol. The van der Waals surface area contributed by atoms with Gasteiger partial charge in [-0.1, -0.05) is 72.1 Å². The Hall–Kier alpha value is -5.34. The van der Waals surface area contributed by atoms with Crippen LogP contribution >= 0.6 is 23.5 Å². The molecule has 14 heteroatoms. The van der Waals surface area contributed by atoms with E-state index >= 15 is 0 Å². The van der Waals surface area contributed by atoms with Gasteiger partial charge in [0.05, 0.1) is 22.9 Å². The van der Waals surface area contributed by atoms with E-state index in [4.69, 9.17) is 0 Å². The minimum atomic E-state index is -0.158. The van der Waals surface area contributed by atoms with Crippen molar-refractivity contribution in [1.82, 2.24) is 40.4 Å². The molecule has 2 amide bonds. The summed E-state index contributed by atoms with van der Waals surface area (Å²) in [6.07, 6.45) is 0. The first-order valence-electron chi connectivity index (χ1n) is 14.2. The highest BCUT2D eigenvalue weighted by Gasteiger charge is 2.15. The van der Waals surface area contributed by atoms with E-state index in [1.54, 1.807) is 9.36 Å². The number of aromatic nitrogens is 8. The van der Waals surface area contributed by atoms with E-state index in [2.05, 4.69) is 41.7 Å². The third kappa shape index (κ3) is 7.30. The molecule has 6 aromatic rings. The summed E-state index contributed by atoms with van der Waals surface area (Å²) in [5, 5.41) is 30.7. The summed E-state index contributed by atoms with van der Waals surface area (Å²) in [5.41, 5.74) is 6.95. The van der Waals surface area contributed by atoms with Crippen LogP contribution in [0.3, 0.4) is 0 Å². The number of aryl methyl sites for hydroxylation is 2. The number of anilines is 2. The van der Waals surface area contributed by atoms with Crippen LogP contribution in [-0.2, 0) is 9.59 Å². The first-order chi connectivity index (χ1) is 22.4. The monoisotopic (exact) mass is 648 g/mol. The maximum absolute atomic E-state index is 12.8. The Morgan fingerprint density at radius 2 is 1.02 bits per heavy atom. The fourth-order valence-corrected chi connectivity index (χ4v) is 5.98. The molecule has 0 unspecified atom stereocenters. The number of benzene rings is 4. The molecule has 0 spiro atoms. The van der Waals surface area contributed by atoms with Crippen molar-refractivity contribution in [3.8, 4) is 22.5 Å². The van der Waals surface area contributed by atoms with Crippen molar-refractivity contribution >= 4 is 46.7 Å². The van der Waals surface area contributed by atoms with Crippen molar-refractivity contribution in [1.29, 1.82) is 0 Å². The maximum atomic E-state index is 12.8. The first kappa shape index (κ1) is 30.7. The van der Waals surface area contributed by atoms with Gasteiger partial charge in [0.25, 0.3) is 0 Å². The molecule has 230 valence electrons. The number of nitrogens with zero attached hydrogens (tertiary/aromatic N) is 8. The number of carbonyl (C=O) groups is 2. The minimum absolute atomic E-state index is 0.156. The number of para-hydroxylation sites is 2. The standard InChI is InChI=1S/C32H28N10O2S2/c1-21-17-23(13-15-27(21)33-29(43)19-45-31-35-37-39-41(31)25-9-5-3-6-10-25)24-14-16-28(22(2)18-24)34-30(44)20-46-32-36-38-40-42(32)26-11-7-4-8-12-26/h3-18H,19-20H2,1-2H3,(H,33,43)(H,34,44). The third-order valence-electron chi connectivity index (χ3n) is 6.88. The molecule has 12 nitrogen and oxygen atoms in total. The molecule has 0 radical (unpaired) electrons. The molecule has 0 saturated heterocycles. The van der Waals surface area contributed by atoms with Crippen molar-refractivity contribution in [2.45, 2.75) is 24.2 Å². The quantitative estimate of drug-likeness (QED) is 0.176. The molecule has 0 aliphatic rings. The van der Waals surface area contributed by atoms with E-state index in [1.807, 2.05) is 111 Å². The van der Waals surface area contributed by atoms with E-state index in [0.717, 1.165) is 45.0 Å². The highest BCUT2D eigenvalue weighted by molar-refractivity contribution is 8.00. The lowest BCUT2D eigenvalue weighted by Crippen LogP contribution is -2.15. The fraction of sp³-hybridized carbons (Fsp3) is 0.125. The Balaban J connectivity index is 1.03. The zero-order valence-corrected chi connectivity index (χ0v) is 26.5. The zero-order chi connectivity index (χ0) is 31.9. The van der Waals surface area contributed by atoms with E-state index in [-0.39, 0.29) is 23.3 Å². The van der Waals surface area contributed by atoms with Crippen molar-refractivity contribution in [3.63, 3.8) is 0 Å². The highest BCUT2D eigenvalue weighted by atomic mass is 32.2. The third-order valence-corrected chi connectivity index (χ3v) is 8.72. The number of hydrogen-bond acceptors (Lipinski definition) is 10. The lowest BCUT2D eigenvalue weighted by molar-refractivity contribution is -0.114. The number of thioether (sulfide) groups is 2. The zero-order valence-electron chi connectivity index (χ0n) is 24.9. The molecule has 4 aromatic carbocycles. The number of carbonyl (C=O) groups excluding carboxylic acids is 2. The molecule has 0 bridgehead atoms. The second-order valence-corrected chi connectivity index (χ2v) is 12.0.